The highest BCUT2D eigenvalue weighted by Crippen LogP contribution is 2.36. The number of nitrogens with zero attached hydrogens (tertiary/aromatic N) is 1. The lowest BCUT2D eigenvalue weighted by molar-refractivity contribution is 0.0531. The molecule has 0 aliphatic carbocycles. The first-order valence-electron chi connectivity index (χ1n) is 8.14. The van der Waals surface area contributed by atoms with Gasteiger partial charge in [-0.15, -0.1) is 23.1 Å². The van der Waals surface area contributed by atoms with Crippen LogP contribution in [0.1, 0.15) is 40.2 Å². The largest absolute Gasteiger partial charge is 0.462 e. The minimum atomic E-state index is -0.674. The van der Waals surface area contributed by atoms with Crippen LogP contribution < -0.4 is 5.56 Å². The van der Waals surface area contributed by atoms with Crippen molar-refractivity contribution in [1.29, 1.82) is 0 Å². The Hall–Kier alpha value is -2.26. The lowest BCUT2D eigenvalue weighted by Gasteiger charge is -2.11. The maximum Gasteiger partial charge on any atom is 0.348 e. The van der Waals surface area contributed by atoms with Gasteiger partial charge < -0.3 is 9.72 Å². The van der Waals surface area contributed by atoms with Crippen molar-refractivity contribution < 1.29 is 18.3 Å². The molecule has 142 valence electrons. The predicted molar refractivity (Wildman–Crippen MR) is 102 cm³/mol. The lowest BCUT2D eigenvalue weighted by Crippen LogP contribution is -2.13. The van der Waals surface area contributed by atoms with E-state index in [0.717, 1.165) is 29.2 Å². The molecular formula is C18H16F2N2O3S2. The van der Waals surface area contributed by atoms with Crippen LogP contribution in [0.4, 0.5) is 8.78 Å². The summed E-state index contributed by atoms with van der Waals surface area (Å²) in [6, 6.07) is 3.32. The number of esters is 1. The molecule has 0 bridgehead atoms. The third-order valence-electron chi connectivity index (χ3n) is 3.86. The number of H-pyrrole nitrogens is 1. The van der Waals surface area contributed by atoms with Crippen molar-refractivity contribution in [3.8, 4) is 0 Å². The molecule has 0 amide bonds. The molecule has 2 aromatic heterocycles. The molecule has 1 aromatic carbocycles. The fourth-order valence-electron chi connectivity index (χ4n) is 2.56. The molecular weight excluding hydrogens is 394 g/mol. The van der Waals surface area contributed by atoms with Crippen LogP contribution in [0.15, 0.2) is 27.9 Å². The Kier molecular flexibility index (Phi) is 5.61. The molecule has 0 radical (unpaired) electrons. The van der Waals surface area contributed by atoms with Crippen LogP contribution in [-0.2, 0) is 4.74 Å². The summed E-state index contributed by atoms with van der Waals surface area (Å²) in [6.45, 7) is 5.37. The van der Waals surface area contributed by atoms with Crippen molar-refractivity contribution in [2.24, 2.45) is 0 Å². The van der Waals surface area contributed by atoms with E-state index in [9.17, 15) is 18.4 Å². The van der Waals surface area contributed by atoms with Gasteiger partial charge in [0.25, 0.3) is 5.56 Å². The number of rotatable bonds is 5. The smallest absolute Gasteiger partial charge is 0.348 e. The number of thioether (sulfide) groups is 1. The molecule has 0 spiro atoms. The summed E-state index contributed by atoms with van der Waals surface area (Å²) in [6.07, 6.45) is 0. The second kappa shape index (κ2) is 7.77. The highest BCUT2D eigenvalue weighted by atomic mass is 32.2. The summed E-state index contributed by atoms with van der Waals surface area (Å²) in [4.78, 5) is 32.7. The summed E-state index contributed by atoms with van der Waals surface area (Å²) in [5.74, 6) is -1.47. The Morgan fingerprint density at radius 3 is 2.81 bits per heavy atom. The predicted octanol–water partition coefficient (Wildman–Crippen LogP) is 4.60. The van der Waals surface area contributed by atoms with Crippen LogP contribution in [-0.4, -0.2) is 22.5 Å². The highest BCUT2D eigenvalue weighted by Gasteiger charge is 2.22. The van der Waals surface area contributed by atoms with Crippen molar-refractivity contribution in [1.82, 2.24) is 9.97 Å². The maximum atomic E-state index is 13.9. The minimum absolute atomic E-state index is 0.235. The molecule has 0 aliphatic heterocycles. The van der Waals surface area contributed by atoms with Crippen molar-refractivity contribution >= 4 is 39.3 Å². The zero-order chi connectivity index (χ0) is 19.7. The molecule has 27 heavy (non-hydrogen) atoms. The Bertz CT molecular complexity index is 1080. The summed E-state index contributed by atoms with van der Waals surface area (Å²) >= 11 is 2.20. The van der Waals surface area contributed by atoms with Gasteiger partial charge in [-0.1, -0.05) is 0 Å². The number of nitrogens with one attached hydrogen (secondary N) is 1. The van der Waals surface area contributed by atoms with Gasteiger partial charge in [0.05, 0.1) is 17.2 Å². The topological polar surface area (TPSA) is 72.0 Å². The Balaban J connectivity index is 1.98. The van der Waals surface area contributed by atoms with Crippen molar-refractivity contribution in [2.45, 2.75) is 30.9 Å². The van der Waals surface area contributed by atoms with Crippen LogP contribution in [0.5, 0.6) is 0 Å². The molecule has 0 saturated carbocycles. The average Bonchev–Trinajstić information content (AvgIpc) is 2.95. The van der Waals surface area contributed by atoms with Crippen molar-refractivity contribution in [2.75, 3.05) is 6.61 Å². The van der Waals surface area contributed by atoms with Gasteiger partial charge in [0.2, 0.25) is 0 Å². The van der Waals surface area contributed by atoms with E-state index in [1.165, 1.54) is 12.1 Å². The van der Waals surface area contributed by atoms with Gasteiger partial charge in [-0.05, 0) is 38.5 Å². The Morgan fingerprint density at radius 1 is 1.41 bits per heavy atom. The molecule has 1 atom stereocenters. The van der Waals surface area contributed by atoms with Gasteiger partial charge in [0, 0.05) is 11.0 Å². The quantitative estimate of drug-likeness (QED) is 0.492. The van der Waals surface area contributed by atoms with Crippen LogP contribution in [0, 0.1) is 18.6 Å². The third-order valence-corrected chi connectivity index (χ3v) is 6.19. The van der Waals surface area contributed by atoms with Crippen LogP contribution >= 0.6 is 23.1 Å². The number of halogens is 2. The molecule has 0 aliphatic rings. The summed E-state index contributed by atoms with van der Waals surface area (Å²) < 4.78 is 31.9. The van der Waals surface area contributed by atoms with Gasteiger partial charge in [-0.25, -0.2) is 18.6 Å². The van der Waals surface area contributed by atoms with Gasteiger partial charge in [0.1, 0.15) is 27.2 Å². The van der Waals surface area contributed by atoms with E-state index in [1.807, 2.05) is 0 Å². The van der Waals surface area contributed by atoms with E-state index in [2.05, 4.69) is 9.97 Å². The van der Waals surface area contributed by atoms with Crippen molar-refractivity contribution in [3.63, 3.8) is 0 Å². The second-order valence-electron chi connectivity index (χ2n) is 5.74. The summed E-state index contributed by atoms with van der Waals surface area (Å²) in [5, 5.41) is -0.0486. The van der Waals surface area contributed by atoms with E-state index < -0.39 is 22.9 Å². The zero-order valence-corrected chi connectivity index (χ0v) is 16.4. The fraction of sp³-hybridized carbons (Fsp3) is 0.278. The van der Waals surface area contributed by atoms with Crippen LogP contribution in [0.25, 0.3) is 10.2 Å². The standard InChI is InChI=1S/C18H16F2N2O3S2/c1-4-25-18(24)14-8(2)13-16(23)21-15(22-17(13)27-14)9(3)26-12-6-5-10(19)7-11(12)20/h5-7,9H,4H2,1-3H3,(H,21,22,23)/t9-/m1/s1. The van der Waals surface area contributed by atoms with Crippen LogP contribution in [0.2, 0.25) is 0 Å². The van der Waals surface area contributed by atoms with E-state index >= 15 is 0 Å². The monoisotopic (exact) mass is 410 g/mol. The highest BCUT2D eigenvalue weighted by molar-refractivity contribution is 7.99. The van der Waals surface area contributed by atoms with E-state index in [-0.39, 0.29) is 17.1 Å². The number of thiophene rings is 1. The summed E-state index contributed by atoms with van der Waals surface area (Å²) in [7, 11) is 0. The zero-order valence-electron chi connectivity index (χ0n) is 14.8. The molecule has 5 nitrogen and oxygen atoms in total. The number of benzene rings is 1. The minimum Gasteiger partial charge on any atom is -0.462 e. The Morgan fingerprint density at radius 2 is 2.15 bits per heavy atom. The third kappa shape index (κ3) is 3.89. The first-order chi connectivity index (χ1) is 12.8. The molecule has 3 rings (SSSR count). The van der Waals surface area contributed by atoms with Gasteiger partial charge >= 0.3 is 5.97 Å². The number of aryl methyl sites for hydroxylation is 1. The normalized spacial score (nSPS) is 12.3. The number of carbonyl (C=O) groups is 1. The molecule has 0 unspecified atom stereocenters. The van der Waals surface area contributed by atoms with Crippen LogP contribution in [0.3, 0.4) is 0 Å². The maximum absolute atomic E-state index is 13.9. The number of hydrogen-bond acceptors (Lipinski definition) is 6. The summed E-state index contributed by atoms with van der Waals surface area (Å²) in [5.41, 5.74) is 0.157. The first-order valence-corrected chi connectivity index (χ1v) is 9.83. The van der Waals surface area contributed by atoms with E-state index in [1.54, 1.807) is 20.8 Å². The number of fused-ring (bicyclic) bond motifs is 1. The lowest BCUT2D eigenvalue weighted by atomic mass is 10.2. The van der Waals surface area contributed by atoms with E-state index in [4.69, 9.17) is 4.74 Å². The SMILES string of the molecule is CCOC(=O)c1sc2nc([C@@H](C)Sc3ccc(F)cc3F)[nH]c(=O)c2c1C. The van der Waals surface area contributed by atoms with Gasteiger partial charge in [-0.3, -0.25) is 4.79 Å². The number of carbonyl (C=O) groups excluding carboxylic acids is 1. The molecule has 0 saturated heterocycles. The second-order valence-corrected chi connectivity index (χ2v) is 8.12. The van der Waals surface area contributed by atoms with Crippen molar-refractivity contribution in [3.05, 3.63) is 56.5 Å². The van der Waals surface area contributed by atoms with Gasteiger partial charge in [-0.2, -0.15) is 0 Å². The van der Waals surface area contributed by atoms with Gasteiger partial charge in [0.15, 0.2) is 0 Å². The van der Waals surface area contributed by atoms with E-state index in [0.29, 0.717) is 26.5 Å². The number of hydrogen-bond donors (Lipinski definition) is 1. The average molecular weight is 410 g/mol. The molecule has 2 heterocycles. The Labute approximate surface area is 161 Å². The molecule has 3 aromatic rings. The number of ether oxygens (including phenoxy) is 1. The molecule has 0 fully saturated rings. The number of aromatic amines is 1. The molecule has 1 N–H and O–H groups in total. The fourth-order valence-corrected chi connectivity index (χ4v) is 4.57. The number of aromatic nitrogens is 2. The molecule has 9 heteroatoms. The first kappa shape index (κ1) is 19.5.